The predicted molar refractivity (Wildman–Crippen MR) is 150 cm³/mol. The highest BCUT2D eigenvalue weighted by atomic mass is 35.5. The maximum Gasteiger partial charge on any atom is 0.275 e. The Morgan fingerprint density at radius 2 is 1.90 bits per heavy atom. The van der Waals surface area contributed by atoms with Crippen molar-refractivity contribution in [1.29, 1.82) is 0 Å². The van der Waals surface area contributed by atoms with Crippen LogP contribution < -0.4 is 15.4 Å². The fraction of sp³-hybridized carbons (Fsp3) is 0.143. The van der Waals surface area contributed by atoms with Crippen LogP contribution in [0.4, 0.5) is 11.5 Å². The average Bonchev–Trinajstić information content (AvgIpc) is 3.03. The molecular formula is C28H22Cl2N6O4. The summed E-state index contributed by atoms with van der Waals surface area (Å²) in [5.41, 5.74) is 1.74. The Hall–Kier alpha value is -4.54. The number of methoxy groups -OCH3 is 1. The van der Waals surface area contributed by atoms with Crippen LogP contribution in [0.2, 0.25) is 10.0 Å². The van der Waals surface area contributed by atoms with E-state index >= 15 is 0 Å². The van der Waals surface area contributed by atoms with E-state index in [4.69, 9.17) is 27.9 Å². The number of rotatable bonds is 7. The van der Waals surface area contributed by atoms with Crippen LogP contribution in [0.5, 0.6) is 5.75 Å². The number of nitrogens with one attached hydrogen (secondary N) is 2. The molecule has 0 radical (unpaired) electrons. The fourth-order valence-corrected chi connectivity index (χ4v) is 4.72. The summed E-state index contributed by atoms with van der Waals surface area (Å²) in [5, 5.41) is 5.91. The lowest BCUT2D eigenvalue weighted by atomic mass is 10.1. The molecule has 10 nitrogen and oxygen atoms in total. The Morgan fingerprint density at radius 3 is 2.65 bits per heavy atom. The van der Waals surface area contributed by atoms with Crippen molar-refractivity contribution in [3.63, 3.8) is 0 Å². The molecule has 1 aromatic carbocycles. The molecule has 40 heavy (non-hydrogen) atoms. The van der Waals surface area contributed by atoms with E-state index in [1.54, 1.807) is 48.7 Å². The monoisotopic (exact) mass is 576 g/mol. The average molecular weight is 577 g/mol. The third-order valence-corrected chi connectivity index (χ3v) is 6.74. The van der Waals surface area contributed by atoms with Crippen LogP contribution >= 0.6 is 23.2 Å². The second-order valence-electron chi connectivity index (χ2n) is 8.86. The summed E-state index contributed by atoms with van der Waals surface area (Å²) in [6, 6.07) is 14.0. The molecule has 5 rings (SSSR count). The Balaban J connectivity index is 1.43. The number of amides is 3. The number of fused-ring (bicyclic) bond motifs is 1. The molecular weight excluding hydrogens is 555 g/mol. The SMILES string of the molecule is COc1ccnc(NC(=O)c2ccc(CN3C(=O)c4ncc(Cl)cc4NC(=O)[C@@H]3Cc3ccccn3)cc2Cl)c1. The molecule has 0 fully saturated rings. The van der Waals surface area contributed by atoms with Crippen molar-refractivity contribution in [3.8, 4) is 5.75 Å². The molecule has 202 valence electrons. The largest absolute Gasteiger partial charge is 0.497 e. The number of carbonyl (C=O) groups excluding carboxylic acids is 3. The van der Waals surface area contributed by atoms with Gasteiger partial charge in [0.15, 0.2) is 5.69 Å². The van der Waals surface area contributed by atoms with E-state index in [0.29, 0.717) is 22.8 Å². The third-order valence-electron chi connectivity index (χ3n) is 6.22. The van der Waals surface area contributed by atoms with Crippen molar-refractivity contribution in [2.75, 3.05) is 17.7 Å². The molecule has 3 amide bonds. The Morgan fingerprint density at radius 1 is 1.05 bits per heavy atom. The number of benzene rings is 1. The number of pyridine rings is 3. The summed E-state index contributed by atoms with van der Waals surface area (Å²) in [4.78, 5) is 54.0. The van der Waals surface area contributed by atoms with Crippen LogP contribution in [0.15, 0.2) is 73.2 Å². The smallest absolute Gasteiger partial charge is 0.275 e. The molecule has 0 saturated heterocycles. The van der Waals surface area contributed by atoms with Gasteiger partial charge in [-0.1, -0.05) is 35.3 Å². The standard InChI is InChI=1S/C28H22Cl2N6O4/c1-40-19-7-9-32-24(13-19)35-26(37)20-6-5-16(10-21(20)30)15-36-23(12-18-4-2-3-8-31-18)27(38)34-22-11-17(29)14-33-25(22)28(36)39/h2-11,13-14,23H,12,15H2,1H3,(H,34,38)(H,32,35,37)/t23-/m0/s1. The number of halogens is 2. The number of ether oxygens (including phenoxy) is 1. The predicted octanol–water partition coefficient (Wildman–Crippen LogP) is 4.65. The van der Waals surface area contributed by atoms with Gasteiger partial charge in [0.25, 0.3) is 11.8 Å². The number of nitrogens with zero attached hydrogens (tertiary/aromatic N) is 4. The summed E-state index contributed by atoms with van der Waals surface area (Å²) < 4.78 is 5.16. The highest BCUT2D eigenvalue weighted by molar-refractivity contribution is 6.34. The van der Waals surface area contributed by atoms with Gasteiger partial charge >= 0.3 is 0 Å². The van der Waals surface area contributed by atoms with Gasteiger partial charge in [-0.15, -0.1) is 0 Å². The molecule has 0 bridgehead atoms. The van der Waals surface area contributed by atoms with Gasteiger partial charge < -0.3 is 20.3 Å². The quantitative estimate of drug-likeness (QED) is 0.328. The van der Waals surface area contributed by atoms with Crippen LogP contribution in [0.25, 0.3) is 0 Å². The van der Waals surface area contributed by atoms with E-state index in [9.17, 15) is 14.4 Å². The maximum absolute atomic E-state index is 13.7. The minimum absolute atomic E-state index is 0.0204. The van der Waals surface area contributed by atoms with Gasteiger partial charge in [-0.3, -0.25) is 19.4 Å². The zero-order chi connectivity index (χ0) is 28.2. The highest BCUT2D eigenvalue weighted by Crippen LogP contribution is 2.28. The number of hydrogen-bond donors (Lipinski definition) is 2. The third kappa shape index (κ3) is 5.88. The van der Waals surface area contributed by atoms with Gasteiger partial charge in [0.1, 0.15) is 17.6 Å². The maximum atomic E-state index is 13.7. The van der Waals surface area contributed by atoms with E-state index in [-0.39, 0.29) is 40.0 Å². The number of hydrogen-bond acceptors (Lipinski definition) is 7. The van der Waals surface area contributed by atoms with Crippen LogP contribution in [0.3, 0.4) is 0 Å². The van der Waals surface area contributed by atoms with Crippen LogP contribution in [-0.4, -0.2) is 50.7 Å². The first-order valence-corrected chi connectivity index (χ1v) is 12.8. The van der Waals surface area contributed by atoms with Gasteiger partial charge in [0.05, 0.1) is 28.4 Å². The van der Waals surface area contributed by atoms with Gasteiger partial charge in [0, 0.05) is 43.3 Å². The van der Waals surface area contributed by atoms with E-state index in [1.165, 1.54) is 30.5 Å². The molecule has 1 aliphatic rings. The Kier molecular flexibility index (Phi) is 7.90. The Bertz CT molecular complexity index is 1600. The minimum atomic E-state index is -0.906. The summed E-state index contributed by atoms with van der Waals surface area (Å²) in [6.07, 6.45) is 4.65. The Labute approximate surface area is 239 Å². The van der Waals surface area contributed by atoms with Crippen molar-refractivity contribution in [1.82, 2.24) is 19.9 Å². The summed E-state index contributed by atoms with van der Waals surface area (Å²) in [5.74, 6) is -0.501. The molecule has 0 unspecified atom stereocenters. The van der Waals surface area contributed by atoms with Crippen molar-refractivity contribution in [3.05, 3.63) is 106 Å². The summed E-state index contributed by atoms with van der Waals surface area (Å²) in [6.45, 7) is 0.0204. The molecule has 0 aliphatic carbocycles. The van der Waals surface area contributed by atoms with Crippen LogP contribution in [0, 0.1) is 0 Å². The normalized spacial score (nSPS) is 14.7. The van der Waals surface area contributed by atoms with Crippen LogP contribution in [-0.2, 0) is 17.8 Å². The topological polar surface area (TPSA) is 126 Å². The fourth-order valence-electron chi connectivity index (χ4n) is 4.27. The lowest BCUT2D eigenvalue weighted by Gasteiger charge is -2.28. The van der Waals surface area contributed by atoms with Gasteiger partial charge in [-0.2, -0.15) is 0 Å². The van der Waals surface area contributed by atoms with E-state index < -0.39 is 23.8 Å². The second kappa shape index (κ2) is 11.7. The first-order chi connectivity index (χ1) is 19.3. The molecule has 0 spiro atoms. The van der Waals surface area contributed by atoms with Crippen LogP contribution in [0.1, 0.15) is 32.1 Å². The molecule has 4 heterocycles. The molecule has 0 saturated carbocycles. The number of carbonyl (C=O) groups is 3. The van der Waals surface area contributed by atoms with Crippen molar-refractivity contribution in [2.45, 2.75) is 19.0 Å². The lowest BCUT2D eigenvalue weighted by molar-refractivity contribution is -0.120. The molecule has 12 heteroatoms. The minimum Gasteiger partial charge on any atom is -0.497 e. The lowest BCUT2D eigenvalue weighted by Crippen LogP contribution is -2.46. The zero-order valence-electron chi connectivity index (χ0n) is 21.1. The van der Waals surface area contributed by atoms with Gasteiger partial charge in [-0.25, -0.2) is 9.97 Å². The molecule has 4 aromatic rings. The summed E-state index contributed by atoms with van der Waals surface area (Å²) in [7, 11) is 1.51. The molecule has 3 aromatic heterocycles. The van der Waals surface area contributed by atoms with E-state index in [0.717, 1.165) is 0 Å². The first kappa shape index (κ1) is 27.0. The molecule has 1 aliphatic heterocycles. The highest BCUT2D eigenvalue weighted by Gasteiger charge is 2.37. The first-order valence-electron chi connectivity index (χ1n) is 12.1. The van der Waals surface area contributed by atoms with E-state index in [2.05, 4.69) is 25.6 Å². The molecule has 1 atom stereocenters. The number of anilines is 2. The number of aromatic nitrogens is 3. The van der Waals surface area contributed by atoms with Crippen molar-refractivity contribution in [2.24, 2.45) is 0 Å². The second-order valence-corrected chi connectivity index (χ2v) is 9.71. The van der Waals surface area contributed by atoms with Crippen molar-refractivity contribution < 1.29 is 19.1 Å². The summed E-state index contributed by atoms with van der Waals surface area (Å²) >= 11 is 12.6. The van der Waals surface area contributed by atoms with Gasteiger partial charge in [-0.05, 0) is 42.0 Å². The van der Waals surface area contributed by atoms with Gasteiger partial charge in [0.2, 0.25) is 5.91 Å². The van der Waals surface area contributed by atoms with E-state index in [1.807, 2.05) is 6.07 Å². The zero-order valence-corrected chi connectivity index (χ0v) is 22.6. The molecule has 2 N–H and O–H groups in total. The van der Waals surface area contributed by atoms with Crippen molar-refractivity contribution >= 4 is 52.4 Å².